The van der Waals surface area contributed by atoms with Crippen molar-refractivity contribution in [2.24, 2.45) is 5.10 Å². The Hall–Kier alpha value is -3.34. The van der Waals surface area contributed by atoms with Gasteiger partial charge in [0.15, 0.2) is 0 Å². The van der Waals surface area contributed by atoms with E-state index < -0.39 is 5.97 Å². The molecule has 1 heterocycles. The molecule has 24 heavy (non-hydrogen) atoms. The molecule has 5 heteroatoms. The van der Waals surface area contributed by atoms with Crippen molar-refractivity contribution < 1.29 is 9.90 Å². The van der Waals surface area contributed by atoms with Gasteiger partial charge in [-0.1, -0.05) is 18.2 Å². The van der Waals surface area contributed by atoms with Gasteiger partial charge < -0.3 is 9.67 Å². The molecule has 3 rings (SSSR count). The van der Waals surface area contributed by atoms with Crippen LogP contribution in [-0.4, -0.2) is 21.9 Å². The SMILES string of the molecule is Cc1ccc(/C=N\Nc2ccc(C(=O)O)cc2)n1-c1ccccc1. The van der Waals surface area contributed by atoms with Gasteiger partial charge in [0.1, 0.15) is 0 Å². The Morgan fingerprint density at radius 3 is 2.42 bits per heavy atom. The van der Waals surface area contributed by atoms with E-state index in [-0.39, 0.29) is 5.56 Å². The summed E-state index contributed by atoms with van der Waals surface area (Å²) in [5, 5.41) is 13.1. The first-order valence-corrected chi connectivity index (χ1v) is 7.51. The van der Waals surface area contributed by atoms with Gasteiger partial charge in [0.25, 0.3) is 0 Å². The third-order valence-electron chi connectivity index (χ3n) is 3.64. The molecule has 0 radical (unpaired) electrons. The van der Waals surface area contributed by atoms with E-state index >= 15 is 0 Å². The summed E-state index contributed by atoms with van der Waals surface area (Å²) in [7, 11) is 0. The van der Waals surface area contributed by atoms with Gasteiger partial charge in [-0.05, 0) is 55.5 Å². The van der Waals surface area contributed by atoms with Crippen molar-refractivity contribution in [2.45, 2.75) is 6.92 Å². The Morgan fingerprint density at radius 1 is 1.04 bits per heavy atom. The lowest BCUT2D eigenvalue weighted by molar-refractivity contribution is 0.0697. The van der Waals surface area contributed by atoms with E-state index in [1.807, 2.05) is 49.4 Å². The van der Waals surface area contributed by atoms with Crippen LogP contribution in [0.1, 0.15) is 21.7 Å². The van der Waals surface area contributed by atoms with Crippen molar-refractivity contribution in [3.63, 3.8) is 0 Å². The third kappa shape index (κ3) is 3.35. The number of aromatic carboxylic acids is 1. The first kappa shape index (κ1) is 15.6. The molecule has 0 bridgehead atoms. The molecule has 0 saturated carbocycles. The number of nitrogens with zero attached hydrogens (tertiary/aromatic N) is 2. The van der Waals surface area contributed by atoms with Crippen molar-refractivity contribution >= 4 is 17.9 Å². The molecule has 0 aliphatic heterocycles. The van der Waals surface area contributed by atoms with Crippen LogP contribution in [0.4, 0.5) is 5.69 Å². The first-order valence-electron chi connectivity index (χ1n) is 7.51. The average Bonchev–Trinajstić information content (AvgIpc) is 2.97. The largest absolute Gasteiger partial charge is 0.478 e. The molecule has 0 aliphatic carbocycles. The summed E-state index contributed by atoms with van der Waals surface area (Å²) in [6, 6.07) is 20.6. The lowest BCUT2D eigenvalue weighted by Gasteiger charge is -2.09. The maximum absolute atomic E-state index is 10.8. The molecule has 0 fully saturated rings. The van der Waals surface area contributed by atoms with E-state index in [4.69, 9.17) is 5.11 Å². The molecule has 3 aromatic rings. The second kappa shape index (κ2) is 6.83. The van der Waals surface area contributed by atoms with Crippen LogP contribution in [0.5, 0.6) is 0 Å². The van der Waals surface area contributed by atoms with Crippen molar-refractivity contribution in [1.29, 1.82) is 0 Å². The van der Waals surface area contributed by atoms with Gasteiger partial charge in [0.05, 0.1) is 23.2 Å². The highest BCUT2D eigenvalue weighted by Gasteiger charge is 2.05. The van der Waals surface area contributed by atoms with Crippen LogP contribution in [0.3, 0.4) is 0 Å². The molecule has 0 atom stereocenters. The van der Waals surface area contributed by atoms with E-state index in [0.29, 0.717) is 0 Å². The van der Waals surface area contributed by atoms with Crippen molar-refractivity contribution in [3.05, 3.63) is 83.7 Å². The fourth-order valence-corrected chi connectivity index (χ4v) is 2.45. The molecule has 120 valence electrons. The summed E-state index contributed by atoms with van der Waals surface area (Å²) in [6.45, 7) is 2.04. The lowest BCUT2D eigenvalue weighted by atomic mass is 10.2. The number of carbonyl (C=O) groups is 1. The number of hydrogen-bond donors (Lipinski definition) is 2. The Balaban J connectivity index is 1.77. The van der Waals surface area contributed by atoms with Gasteiger partial charge in [-0.2, -0.15) is 5.10 Å². The van der Waals surface area contributed by atoms with Crippen LogP contribution in [0, 0.1) is 6.92 Å². The number of aryl methyl sites for hydroxylation is 1. The minimum absolute atomic E-state index is 0.248. The molecule has 2 N–H and O–H groups in total. The van der Waals surface area contributed by atoms with Crippen LogP contribution in [0.25, 0.3) is 5.69 Å². The Bertz CT molecular complexity index is 865. The maximum atomic E-state index is 10.8. The second-order valence-electron chi connectivity index (χ2n) is 5.32. The van der Waals surface area contributed by atoms with Crippen molar-refractivity contribution in [1.82, 2.24) is 4.57 Å². The Morgan fingerprint density at radius 2 is 1.75 bits per heavy atom. The van der Waals surface area contributed by atoms with E-state index in [0.717, 1.165) is 22.8 Å². The predicted octanol–water partition coefficient (Wildman–Crippen LogP) is 3.93. The molecule has 0 amide bonds. The normalized spacial score (nSPS) is 10.9. The number of anilines is 1. The summed E-state index contributed by atoms with van der Waals surface area (Å²) in [5.74, 6) is -0.943. The highest BCUT2D eigenvalue weighted by Crippen LogP contribution is 2.15. The van der Waals surface area contributed by atoms with Crippen LogP contribution < -0.4 is 5.43 Å². The van der Waals surface area contributed by atoms with Crippen LogP contribution >= 0.6 is 0 Å². The zero-order valence-corrected chi connectivity index (χ0v) is 13.2. The minimum Gasteiger partial charge on any atom is -0.478 e. The zero-order chi connectivity index (χ0) is 16.9. The van der Waals surface area contributed by atoms with E-state index in [9.17, 15) is 4.79 Å². The fraction of sp³-hybridized carbons (Fsp3) is 0.0526. The van der Waals surface area contributed by atoms with Gasteiger partial charge in [0, 0.05) is 11.4 Å². The number of rotatable bonds is 5. The first-order chi connectivity index (χ1) is 11.6. The van der Waals surface area contributed by atoms with Gasteiger partial charge in [-0.15, -0.1) is 0 Å². The van der Waals surface area contributed by atoms with Gasteiger partial charge in [0.2, 0.25) is 0 Å². The number of benzene rings is 2. The average molecular weight is 319 g/mol. The maximum Gasteiger partial charge on any atom is 0.335 e. The van der Waals surface area contributed by atoms with E-state index in [1.165, 1.54) is 12.1 Å². The highest BCUT2D eigenvalue weighted by atomic mass is 16.4. The number of aromatic nitrogens is 1. The lowest BCUT2D eigenvalue weighted by Crippen LogP contribution is -2.02. The summed E-state index contributed by atoms with van der Waals surface area (Å²) in [5.41, 5.74) is 7.03. The number of hydrogen-bond acceptors (Lipinski definition) is 3. The highest BCUT2D eigenvalue weighted by molar-refractivity contribution is 5.88. The van der Waals surface area contributed by atoms with Gasteiger partial charge >= 0.3 is 5.97 Å². The number of carboxylic acid groups (broad SMARTS) is 1. The molecule has 0 spiro atoms. The fourth-order valence-electron chi connectivity index (χ4n) is 2.45. The Kier molecular flexibility index (Phi) is 4.43. The number of nitrogens with one attached hydrogen (secondary N) is 1. The molecule has 1 aromatic heterocycles. The zero-order valence-electron chi connectivity index (χ0n) is 13.2. The quantitative estimate of drug-likeness (QED) is 0.553. The molecular formula is C19H17N3O2. The molecule has 0 unspecified atom stereocenters. The minimum atomic E-state index is -0.943. The summed E-state index contributed by atoms with van der Waals surface area (Å²) in [6.07, 6.45) is 1.74. The van der Waals surface area contributed by atoms with Gasteiger partial charge in [-0.3, -0.25) is 5.43 Å². The standard InChI is InChI=1S/C19H17N3O2/c1-14-7-12-18(22(14)17-5-3-2-4-6-17)13-20-21-16-10-8-15(9-11-16)19(23)24/h2-13,21H,1H3,(H,23,24)/b20-13-. The number of hydrazone groups is 1. The van der Waals surface area contributed by atoms with E-state index in [1.54, 1.807) is 18.3 Å². The van der Waals surface area contributed by atoms with Gasteiger partial charge in [-0.25, -0.2) is 4.79 Å². The number of carboxylic acids is 1. The van der Waals surface area contributed by atoms with Crippen molar-refractivity contribution in [3.8, 4) is 5.69 Å². The summed E-state index contributed by atoms with van der Waals surface area (Å²) >= 11 is 0. The van der Waals surface area contributed by atoms with Crippen LogP contribution in [0.2, 0.25) is 0 Å². The molecule has 0 saturated heterocycles. The second-order valence-corrected chi connectivity index (χ2v) is 5.32. The Labute approximate surface area is 139 Å². The molecule has 5 nitrogen and oxygen atoms in total. The summed E-state index contributed by atoms with van der Waals surface area (Å²) in [4.78, 5) is 10.8. The van der Waals surface area contributed by atoms with E-state index in [2.05, 4.69) is 15.1 Å². The van der Waals surface area contributed by atoms with Crippen LogP contribution in [0.15, 0.2) is 71.8 Å². The smallest absolute Gasteiger partial charge is 0.335 e. The molecular weight excluding hydrogens is 302 g/mol. The molecule has 0 aliphatic rings. The van der Waals surface area contributed by atoms with Crippen LogP contribution in [-0.2, 0) is 0 Å². The number of para-hydroxylation sites is 1. The third-order valence-corrected chi connectivity index (χ3v) is 3.64. The van der Waals surface area contributed by atoms with Crippen molar-refractivity contribution in [2.75, 3.05) is 5.43 Å². The topological polar surface area (TPSA) is 66.6 Å². The predicted molar refractivity (Wildman–Crippen MR) is 95.1 cm³/mol. The monoisotopic (exact) mass is 319 g/mol. The molecule has 2 aromatic carbocycles. The summed E-state index contributed by atoms with van der Waals surface area (Å²) < 4.78 is 2.11.